The molecule has 0 amide bonds. The molecule has 1 N–H and O–H groups in total. The molecule has 1 aromatic rings. The topological polar surface area (TPSA) is 82.1 Å². The van der Waals surface area contributed by atoms with E-state index in [2.05, 4.69) is 39.8 Å². The molecule has 40 heavy (non-hydrogen) atoms. The number of ether oxygens (including phenoxy) is 3. The number of aromatic hydroxyl groups is 1. The quantitative estimate of drug-likeness (QED) is 0.228. The van der Waals surface area contributed by atoms with Crippen LogP contribution in [-0.2, 0) is 20.7 Å². The molecule has 6 nitrogen and oxygen atoms in total. The molecular weight excluding hydrogens is 504 g/mol. The number of phenolic OH excluding ortho intramolecular Hbond substituents is 1. The highest BCUT2D eigenvalue weighted by molar-refractivity contribution is 6.38. The number of fused-ring (bicyclic) bond motifs is 2. The zero-order valence-electron chi connectivity index (χ0n) is 25.1. The van der Waals surface area contributed by atoms with E-state index in [9.17, 15) is 14.7 Å². The molecule has 1 aliphatic heterocycles. The molecule has 0 spiro atoms. The Balaban J connectivity index is 2.16. The van der Waals surface area contributed by atoms with E-state index in [1.165, 1.54) is 31.4 Å². The minimum atomic E-state index is -0.784. The maximum atomic E-state index is 13.6. The summed E-state index contributed by atoms with van der Waals surface area (Å²) in [5.41, 5.74) is 6.09. The van der Waals surface area contributed by atoms with Crippen LogP contribution in [0.5, 0.6) is 17.2 Å². The number of methoxy groups -OCH3 is 2. The summed E-state index contributed by atoms with van der Waals surface area (Å²) in [5.74, 6) is -0.196. The fourth-order valence-corrected chi connectivity index (χ4v) is 4.92. The molecule has 1 atom stereocenters. The lowest BCUT2D eigenvalue weighted by Crippen LogP contribution is -2.34. The summed E-state index contributed by atoms with van der Waals surface area (Å²) in [4.78, 5) is 27.1. The number of benzene rings is 1. The van der Waals surface area contributed by atoms with Crippen molar-refractivity contribution in [3.05, 3.63) is 81.2 Å². The zero-order chi connectivity index (χ0) is 29.6. The van der Waals surface area contributed by atoms with Gasteiger partial charge in [0.1, 0.15) is 11.9 Å². The van der Waals surface area contributed by atoms with Crippen LogP contribution >= 0.6 is 0 Å². The third-order valence-electron chi connectivity index (χ3n) is 7.08. The van der Waals surface area contributed by atoms with Crippen molar-refractivity contribution in [2.75, 3.05) is 14.2 Å². The van der Waals surface area contributed by atoms with E-state index in [-0.39, 0.29) is 34.2 Å². The summed E-state index contributed by atoms with van der Waals surface area (Å²) in [7, 11) is 2.85. The van der Waals surface area contributed by atoms with Crippen molar-refractivity contribution in [3.8, 4) is 17.2 Å². The van der Waals surface area contributed by atoms with Crippen LogP contribution in [0.25, 0.3) is 5.57 Å². The SMILES string of the molecule is COC1=CC(=O)C2=C(C1=O)C(/C=C(\C)CCC=C(C)C)Oc1cc(OC)c(O)c(C/C=C(\C)CCC=C(C)C)c12. The summed E-state index contributed by atoms with van der Waals surface area (Å²) >= 11 is 0. The molecule has 1 aromatic carbocycles. The number of ketones is 2. The van der Waals surface area contributed by atoms with Crippen molar-refractivity contribution in [1.29, 1.82) is 0 Å². The van der Waals surface area contributed by atoms with Gasteiger partial charge >= 0.3 is 0 Å². The summed E-state index contributed by atoms with van der Waals surface area (Å²) in [6.45, 7) is 12.3. The minimum absolute atomic E-state index is 0.0225. The second-order valence-corrected chi connectivity index (χ2v) is 10.9. The molecule has 3 rings (SSSR count). The minimum Gasteiger partial charge on any atom is -0.504 e. The van der Waals surface area contributed by atoms with E-state index in [0.717, 1.165) is 36.8 Å². The Bertz CT molecular complexity index is 1350. The summed E-state index contributed by atoms with van der Waals surface area (Å²) in [6.07, 6.45) is 12.5. The maximum absolute atomic E-state index is 13.6. The number of hydrogen-bond donors (Lipinski definition) is 1. The zero-order valence-corrected chi connectivity index (χ0v) is 25.1. The Hall–Kier alpha value is -3.80. The fourth-order valence-electron chi connectivity index (χ4n) is 4.92. The highest BCUT2D eigenvalue weighted by atomic mass is 16.5. The van der Waals surface area contributed by atoms with Gasteiger partial charge in [-0.05, 0) is 79.7 Å². The first-order valence-corrected chi connectivity index (χ1v) is 13.8. The molecular formula is C34H42O6. The van der Waals surface area contributed by atoms with E-state index in [1.807, 2.05) is 26.0 Å². The lowest BCUT2D eigenvalue weighted by atomic mass is 9.80. The van der Waals surface area contributed by atoms with E-state index >= 15 is 0 Å². The Morgan fingerprint density at radius 1 is 0.925 bits per heavy atom. The third-order valence-corrected chi connectivity index (χ3v) is 7.08. The van der Waals surface area contributed by atoms with Gasteiger partial charge in [0.15, 0.2) is 23.0 Å². The van der Waals surface area contributed by atoms with Gasteiger partial charge in [0.25, 0.3) is 0 Å². The summed E-state index contributed by atoms with van der Waals surface area (Å²) in [6, 6.07) is 1.59. The van der Waals surface area contributed by atoms with Crippen molar-refractivity contribution < 1.29 is 28.9 Å². The smallest absolute Gasteiger partial charge is 0.228 e. The second-order valence-electron chi connectivity index (χ2n) is 10.9. The van der Waals surface area contributed by atoms with Crippen LogP contribution in [0.3, 0.4) is 0 Å². The molecule has 0 aromatic heterocycles. The van der Waals surface area contributed by atoms with Crippen LogP contribution in [0.15, 0.2) is 70.1 Å². The number of Topliss-reactive ketones (excluding diaryl/α,β-unsaturated/α-hetero) is 1. The van der Waals surface area contributed by atoms with E-state index in [0.29, 0.717) is 23.3 Å². The van der Waals surface area contributed by atoms with E-state index < -0.39 is 11.9 Å². The van der Waals surface area contributed by atoms with Crippen molar-refractivity contribution in [2.24, 2.45) is 0 Å². The van der Waals surface area contributed by atoms with Gasteiger partial charge in [-0.2, -0.15) is 0 Å². The van der Waals surface area contributed by atoms with Gasteiger partial charge in [-0.1, -0.05) is 40.5 Å². The highest BCUT2D eigenvalue weighted by Gasteiger charge is 2.41. The number of carbonyl (C=O) groups is 2. The van der Waals surface area contributed by atoms with E-state index in [1.54, 1.807) is 6.07 Å². The molecule has 214 valence electrons. The molecule has 0 fully saturated rings. The first-order valence-electron chi connectivity index (χ1n) is 13.8. The Kier molecular flexibility index (Phi) is 10.4. The van der Waals surface area contributed by atoms with Gasteiger partial charge in [0, 0.05) is 28.8 Å². The van der Waals surface area contributed by atoms with Gasteiger partial charge in [-0.25, -0.2) is 0 Å². The monoisotopic (exact) mass is 546 g/mol. The lowest BCUT2D eigenvalue weighted by molar-refractivity contribution is -0.118. The van der Waals surface area contributed by atoms with Gasteiger partial charge in [0.2, 0.25) is 5.78 Å². The van der Waals surface area contributed by atoms with Gasteiger partial charge in [0.05, 0.1) is 19.8 Å². The predicted octanol–water partition coefficient (Wildman–Crippen LogP) is 7.53. The number of allylic oxidation sites excluding steroid dienone is 10. The van der Waals surface area contributed by atoms with Crippen molar-refractivity contribution in [2.45, 2.75) is 79.8 Å². The van der Waals surface area contributed by atoms with Crippen LogP contribution in [0.4, 0.5) is 0 Å². The van der Waals surface area contributed by atoms with Crippen molar-refractivity contribution in [3.63, 3.8) is 0 Å². The number of carbonyl (C=O) groups excluding carboxylic acids is 2. The predicted molar refractivity (Wildman–Crippen MR) is 160 cm³/mol. The van der Waals surface area contributed by atoms with Gasteiger partial charge in [-0.3, -0.25) is 9.59 Å². The second kappa shape index (κ2) is 13.5. The molecule has 0 saturated heterocycles. The molecule has 0 bridgehead atoms. The van der Waals surface area contributed by atoms with Gasteiger partial charge < -0.3 is 19.3 Å². The standard InChI is InChI=1S/C34H42O6/c1-20(2)11-9-13-22(5)15-16-24-30-27(19-29(39-8)33(24)36)40-26(17-23(6)14-10-12-21(3)4)32-31(30)25(35)18-28(38-7)34(32)37/h11-12,15,17-19,26,36H,9-10,13-14,16H2,1-8H3/b22-15+,23-17+. The molecule has 1 aliphatic carbocycles. The van der Waals surface area contributed by atoms with Crippen LogP contribution in [-0.4, -0.2) is 37.0 Å². The largest absolute Gasteiger partial charge is 0.504 e. The number of rotatable bonds is 11. The Labute approximate surface area is 238 Å². The molecule has 0 radical (unpaired) electrons. The van der Waals surface area contributed by atoms with Crippen LogP contribution in [0.2, 0.25) is 0 Å². The first-order chi connectivity index (χ1) is 19.0. The van der Waals surface area contributed by atoms with Gasteiger partial charge in [-0.15, -0.1) is 0 Å². The first kappa shape index (κ1) is 30.7. The Morgan fingerprint density at radius 3 is 2.12 bits per heavy atom. The van der Waals surface area contributed by atoms with Crippen molar-refractivity contribution >= 4 is 17.1 Å². The molecule has 0 saturated carbocycles. The van der Waals surface area contributed by atoms with Crippen LogP contribution in [0.1, 0.15) is 78.4 Å². The number of phenols is 1. The molecule has 2 aliphatic rings. The fraction of sp³-hybridized carbons (Fsp3) is 0.412. The molecule has 6 heteroatoms. The summed E-state index contributed by atoms with van der Waals surface area (Å²) < 4.78 is 17.2. The maximum Gasteiger partial charge on any atom is 0.228 e. The Morgan fingerprint density at radius 2 is 1.55 bits per heavy atom. The van der Waals surface area contributed by atoms with Crippen LogP contribution in [0, 0.1) is 0 Å². The summed E-state index contributed by atoms with van der Waals surface area (Å²) in [5, 5.41) is 11.2. The van der Waals surface area contributed by atoms with E-state index in [4.69, 9.17) is 14.2 Å². The molecule has 1 unspecified atom stereocenters. The normalized spacial score (nSPS) is 17.0. The van der Waals surface area contributed by atoms with Crippen molar-refractivity contribution in [1.82, 2.24) is 0 Å². The lowest BCUT2D eigenvalue weighted by Gasteiger charge is -2.32. The molecule has 1 heterocycles. The third kappa shape index (κ3) is 7.04. The van der Waals surface area contributed by atoms with Crippen LogP contribution < -0.4 is 9.47 Å². The number of hydrogen-bond acceptors (Lipinski definition) is 6. The highest BCUT2D eigenvalue weighted by Crippen LogP contribution is 2.48. The average Bonchev–Trinajstić information content (AvgIpc) is 2.88. The average molecular weight is 547 g/mol.